The number of carbonyl (C=O) groups is 4. The Hall–Kier alpha value is -6.63. The van der Waals surface area contributed by atoms with Crippen LogP contribution in [0.25, 0.3) is 21.7 Å². The molecule has 18 heteroatoms. The maximum atomic E-state index is 14.2. The number of nitrogens with one attached hydrogen (secondary N) is 2. The number of para-hydroxylation sites is 1. The number of nitrogens with two attached hydrogens (primary N) is 1. The minimum Gasteiger partial charge on any atom is -0.507 e. The molecule has 3 fully saturated rings. The summed E-state index contributed by atoms with van der Waals surface area (Å²) in [4.78, 5) is 67.9. The molecule has 2 aromatic heterocycles. The molecule has 17 nitrogen and oxygen atoms in total. The zero-order valence-corrected chi connectivity index (χ0v) is 44.2. The highest BCUT2D eigenvalue weighted by Crippen LogP contribution is 2.33. The van der Waals surface area contributed by atoms with Gasteiger partial charge in [-0.3, -0.25) is 24.1 Å². The number of nitrogens with zero attached hydrogens (tertiary/aromatic N) is 7. The van der Waals surface area contributed by atoms with Gasteiger partial charge in [0.05, 0.1) is 28.2 Å². The number of piperidine rings is 1. The number of aliphatic hydroxyl groups is 1. The molecule has 0 saturated carbocycles. The molecule has 4 amide bonds. The van der Waals surface area contributed by atoms with Crippen molar-refractivity contribution in [1.29, 1.82) is 0 Å². The number of nitrogen functional groups attached to an aromatic ring is 1. The van der Waals surface area contributed by atoms with Crippen LogP contribution in [0.1, 0.15) is 102 Å². The van der Waals surface area contributed by atoms with Gasteiger partial charge in [0.2, 0.25) is 23.6 Å². The van der Waals surface area contributed by atoms with Crippen molar-refractivity contribution >= 4 is 46.5 Å². The first-order valence-electron chi connectivity index (χ1n) is 26.0. The van der Waals surface area contributed by atoms with Crippen molar-refractivity contribution in [2.45, 2.75) is 123 Å². The number of unbranched alkanes of at least 4 members (excludes halogenated alkanes) is 2. The molecule has 6 N–H and O–H groups in total. The van der Waals surface area contributed by atoms with Gasteiger partial charge in [-0.1, -0.05) is 75.7 Å². The van der Waals surface area contributed by atoms with E-state index in [2.05, 4.69) is 59.9 Å². The average molecular weight is 1030 g/mol. The molecule has 0 aliphatic carbocycles. The Kier molecular flexibility index (Phi) is 17.5. The monoisotopic (exact) mass is 1030 g/mol. The quantitative estimate of drug-likeness (QED) is 0.0567. The summed E-state index contributed by atoms with van der Waals surface area (Å²) in [6, 6.07) is 23.2. The maximum absolute atomic E-state index is 14.2. The standard InChI is InChI=1S/C56H72N10O7S/c1-36(39-19-21-40(22-20-39)51-37(2)58-35-74-51)59-54(71)46-30-42(67)33-66(46)55(72)52(56(3,4)5)60-49(69)15-7-6-8-16-50(70)65-28-26-64(27-29-65)41-23-17-38(18-24-41)32-63-25-11-12-43(34-63)73-48-31-45(61-62-53(48)57)44-13-9-10-14-47(44)68/h9-10,13-14,17-24,31,35-36,42-43,46,52,67-68H,6-8,11-12,15-16,25-30,32-34H2,1-5H3,(H2,57,62)(H,59,71)(H,60,69)/t36?,42-,43?,46+,52?/m1/s1. The number of carbonyl (C=O) groups excluding carboxylic acids is 4. The lowest BCUT2D eigenvalue weighted by atomic mass is 9.85. The molecule has 3 aliphatic heterocycles. The number of ether oxygens (including phenoxy) is 1. The Balaban J connectivity index is 0.731. The second-order valence-electron chi connectivity index (χ2n) is 21.1. The number of aromatic hydroxyl groups is 1. The first kappa shape index (κ1) is 53.7. The van der Waals surface area contributed by atoms with Crippen LogP contribution >= 0.6 is 11.3 Å². The molecule has 5 aromatic rings. The minimum absolute atomic E-state index is 0.00130. The van der Waals surface area contributed by atoms with E-state index >= 15 is 0 Å². The van der Waals surface area contributed by atoms with Crippen LogP contribution in [-0.4, -0.2) is 134 Å². The zero-order valence-electron chi connectivity index (χ0n) is 43.3. The van der Waals surface area contributed by atoms with E-state index in [9.17, 15) is 29.4 Å². The molecule has 5 heterocycles. The SMILES string of the molecule is Cc1ncsc1-c1ccc(C(C)NC(=O)[C@@H]2C[C@@H](O)CN2C(=O)C(NC(=O)CCCCCC(=O)N2CCN(c3ccc(CN4CCCC(Oc5cc(-c6ccccc6O)nnc5N)C4)cc3)CC2)C(C)(C)C)cc1. The van der Waals surface area contributed by atoms with Crippen LogP contribution in [0.15, 0.2) is 84.4 Å². The van der Waals surface area contributed by atoms with Gasteiger partial charge in [-0.2, -0.15) is 0 Å². The Morgan fingerprint density at radius 3 is 2.32 bits per heavy atom. The summed E-state index contributed by atoms with van der Waals surface area (Å²) < 4.78 is 6.37. The van der Waals surface area contributed by atoms with Crippen molar-refractivity contribution in [2.24, 2.45) is 5.41 Å². The van der Waals surface area contributed by atoms with Crippen LogP contribution in [0.3, 0.4) is 0 Å². The molecule has 0 spiro atoms. The van der Waals surface area contributed by atoms with E-state index < -0.39 is 29.5 Å². The van der Waals surface area contributed by atoms with Gasteiger partial charge < -0.3 is 46.0 Å². The highest BCUT2D eigenvalue weighted by molar-refractivity contribution is 7.13. The molecule has 0 radical (unpaired) electrons. The normalized spacial score (nSPS) is 19.2. The number of aromatic nitrogens is 3. The number of hydrogen-bond acceptors (Lipinski definition) is 14. The lowest BCUT2D eigenvalue weighted by molar-refractivity contribution is -0.144. The number of aliphatic hydroxyl groups excluding tert-OH is 1. The lowest BCUT2D eigenvalue weighted by Gasteiger charge is -2.36. The fourth-order valence-corrected chi connectivity index (χ4v) is 11.0. The smallest absolute Gasteiger partial charge is 0.246 e. The molecular weight excluding hydrogens is 957 g/mol. The third-order valence-electron chi connectivity index (χ3n) is 14.4. The van der Waals surface area contributed by atoms with Crippen LogP contribution in [0.2, 0.25) is 0 Å². The largest absolute Gasteiger partial charge is 0.507 e. The molecule has 394 valence electrons. The number of anilines is 2. The number of phenols is 1. The maximum Gasteiger partial charge on any atom is 0.246 e. The van der Waals surface area contributed by atoms with Gasteiger partial charge in [-0.25, -0.2) is 4.98 Å². The number of β-amino-alcohol motifs (C(OH)–C–C–N with tert-alkyl or cyclic N) is 1. The molecule has 3 unspecified atom stereocenters. The van der Waals surface area contributed by atoms with E-state index in [1.165, 1.54) is 10.5 Å². The van der Waals surface area contributed by atoms with E-state index in [1.54, 1.807) is 35.6 Å². The van der Waals surface area contributed by atoms with Gasteiger partial charge in [0.15, 0.2) is 11.6 Å². The van der Waals surface area contributed by atoms with Crippen LogP contribution in [0.5, 0.6) is 11.5 Å². The lowest BCUT2D eigenvalue weighted by Crippen LogP contribution is -2.57. The highest BCUT2D eigenvalue weighted by atomic mass is 32.1. The third-order valence-corrected chi connectivity index (χ3v) is 15.4. The summed E-state index contributed by atoms with van der Waals surface area (Å²) in [5, 5.41) is 35.3. The fraction of sp³-hybridized carbons (Fsp3) is 0.482. The highest BCUT2D eigenvalue weighted by Gasteiger charge is 2.44. The summed E-state index contributed by atoms with van der Waals surface area (Å²) in [7, 11) is 0. The Morgan fingerprint density at radius 1 is 0.892 bits per heavy atom. The number of phenolic OH excluding ortho intramolecular Hbond substituents is 1. The van der Waals surface area contributed by atoms with E-state index in [1.807, 2.05) is 75.4 Å². The fourth-order valence-electron chi connectivity index (χ4n) is 10.2. The first-order valence-corrected chi connectivity index (χ1v) is 26.9. The Labute approximate surface area is 438 Å². The number of thiazole rings is 1. The number of amides is 4. The van der Waals surface area contributed by atoms with Gasteiger partial charge in [-0.05, 0) is 92.4 Å². The topological polar surface area (TPSA) is 220 Å². The molecule has 3 aromatic carbocycles. The van der Waals surface area contributed by atoms with Crippen molar-refractivity contribution < 1.29 is 34.1 Å². The zero-order chi connectivity index (χ0) is 52.5. The second-order valence-corrected chi connectivity index (χ2v) is 21.9. The number of piperazine rings is 1. The van der Waals surface area contributed by atoms with Gasteiger partial charge in [0.25, 0.3) is 0 Å². The Morgan fingerprint density at radius 2 is 1.62 bits per heavy atom. The van der Waals surface area contributed by atoms with Gasteiger partial charge in [-0.15, -0.1) is 21.5 Å². The summed E-state index contributed by atoms with van der Waals surface area (Å²) in [6.45, 7) is 14.7. The van der Waals surface area contributed by atoms with Crippen LogP contribution in [0.4, 0.5) is 11.5 Å². The van der Waals surface area contributed by atoms with Gasteiger partial charge in [0.1, 0.15) is 29.6 Å². The molecule has 8 rings (SSSR count). The van der Waals surface area contributed by atoms with Crippen LogP contribution in [0, 0.1) is 12.3 Å². The van der Waals surface area contributed by atoms with Crippen molar-refractivity contribution in [3.05, 3.63) is 101 Å². The summed E-state index contributed by atoms with van der Waals surface area (Å²) >= 11 is 1.58. The second kappa shape index (κ2) is 24.1. The minimum atomic E-state index is -0.908. The first-order chi connectivity index (χ1) is 35.5. The molecule has 0 bridgehead atoms. The van der Waals surface area contributed by atoms with Gasteiger partial charge in [0, 0.05) is 82.4 Å². The molecule has 3 aliphatic rings. The average Bonchev–Trinajstić information content (AvgIpc) is 4.01. The van der Waals surface area contributed by atoms with Crippen LogP contribution < -0.4 is 26.0 Å². The summed E-state index contributed by atoms with van der Waals surface area (Å²) in [6.07, 6.45) is 3.58. The predicted octanol–water partition coefficient (Wildman–Crippen LogP) is 6.88. The third kappa shape index (κ3) is 13.6. The predicted molar refractivity (Wildman–Crippen MR) is 287 cm³/mol. The van der Waals surface area contributed by atoms with E-state index in [0.29, 0.717) is 55.8 Å². The number of benzene rings is 3. The van der Waals surface area contributed by atoms with Gasteiger partial charge >= 0.3 is 0 Å². The van der Waals surface area contributed by atoms with E-state index in [4.69, 9.17) is 10.5 Å². The molecular formula is C56H72N10O7S. The van der Waals surface area contributed by atoms with E-state index in [0.717, 1.165) is 73.0 Å². The molecule has 3 saturated heterocycles. The van der Waals surface area contributed by atoms with Crippen molar-refractivity contribution in [3.63, 3.8) is 0 Å². The van der Waals surface area contributed by atoms with E-state index in [-0.39, 0.29) is 60.8 Å². The van der Waals surface area contributed by atoms with Crippen molar-refractivity contribution in [1.82, 2.24) is 40.5 Å². The molecule has 74 heavy (non-hydrogen) atoms. The summed E-state index contributed by atoms with van der Waals surface area (Å²) in [5.41, 5.74) is 13.6. The van der Waals surface area contributed by atoms with Crippen molar-refractivity contribution in [2.75, 3.05) is 56.4 Å². The van der Waals surface area contributed by atoms with Crippen LogP contribution in [-0.2, 0) is 25.7 Å². The molecule has 5 atom stereocenters. The van der Waals surface area contributed by atoms with Crippen molar-refractivity contribution in [3.8, 4) is 33.2 Å². The number of rotatable bonds is 18. The number of aryl methyl sites for hydroxylation is 1. The summed E-state index contributed by atoms with van der Waals surface area (Å²) in [5.74, 6) is -0.109. The Bertz CT molecular complexity index is 2720. The number of hydrogen-bond donors (Lipinski definition) is 5. The number of likely N-dealkylation sites (tertiary alicyclic amines) is 2.